The maximum Gasteiger partial charge on any atom is 0.101 e. The first kappa shape index (κ1) is 15.8. The molecule has 1 aromatic carbocycles. The summed E-state index contributed by atoms with van der Waals surface area (Å²) in [6.07, 6.45) is 1.03. The van der Waals surface area contributed by atoms with Crippen LogP contribution >= 0.6 is 0 Å². The van der Waals surface area contributed by atoms with E-state index in [-0.39, 0.29) is 0 Å². The van der Waals surface area contributed by atoms with Crippen molar-refractivity contribution in [1.29, 1.82) is 5.26 Å². The van der Waals surface area contributed by atoms with E-state index in [2.05, 4.69) is 42.3 Å². The number of nitriles is 1. The van der Waals surface area contributed by atoms with Crippen LogP contribution in [-0.4, -0.2) is 32.8 Å². The van der Waals surface area contributed by atoms with Crippen LogP contribution in [0.5, 0.6) is 0 Å². The van der Waals surface area contributed by atoms with E-state index < -0.39 is 0 Å². The molecule has 4 heteroatoms. The van der Waals surface area contributed by atoms with Crippen molar-refractivity contribution in [3.8, 4) is 6.07 Å². The van der Waals surface area contributed by atoms with Crippen molar-refractivity contribution >= 4 is 5.69 Å². The molecule has 1 aliphatic rings. The predicted molar refractivity (Wildman–Crippen MR) is 85.3 cm³/mol. The Morgan fingerprint density at radius 2 is 2.29 bits per heavy atom. The number of nitrogens with zero attached hydrogens (tertiary/aromatic N) is 2. The fourth-order valence-electron chi connectivity index (χ4n) is 2.62. The van der Waals surface area contributed by atoms with Crippen molar-refractivity contribution in [3.63, 3.8) is 0 Å². The van der Waals surface area contributed by atoms with Crippen LogP contribution in [0.2, 0.25) is 0 Å². The molecule has 0 aliphatic carbocycles. The zero-order chi connectivity index (χ0) is 15.2. The van der Waals surface area contributed by atoms with Gasteiger partial charge in [-0.1, -0.05) is 19.9 Å². The molecular formula is C17H25N3O. The fraction of sp³-hybridized carbons (Fsp3) is 0.588. The molecule has 1 heterocycles. The van der Waals surface area contributed by atoms with Crippen molar-refractivity contribution in [3.05, 3.63) is 29.3 Å². The maximum absolute atomic E-state index is 9.42. The van der Waals surface area contributed by atoms with E-state index in [4.69, 9.17) is 4.74 Å². The van der Waals surface area contributed by atoms with E-state index in [1.807, 2.05) is 13.1 Å². The third-order valence-electron chi connectivity index (χ3n) is 3.90. The standard InChI is InChI=1S/C17H25N3O/c1-13(2)10-19-11-14-4-5-17(15(8-14)9-18)20(3)16-6-7-21-12-16/h4-5,8,13,16,19H,6-7,10-12H2,1-3H3. The van der Waals surface area contributed by atoms with Gasteiger partial charge in [-0.2, -0.15) is 5.26 Å². The van der Waals surface area contributed by atoms with E-state index >= 15 is 0 Å². The van der Waals surface area contributed by atoms with Crippen LogP contribution < -0.4 is 10.2 Å². The normalized spacial score (nSPS) is 18.0. The van der Waals surface area contributed by atoms with Crippen LogP contribution in [-0.2, 0) is 11.3 Å². The highest BCUT2D eigenvalue weighted by Crippen LogP contribution is 2.25. The number of benzene rings is 1. The molecule has 1 fully saturated rings. The Hall–Kier alpha value is -1.57. The molecule has 1 atom stereocenters. The lowest BCUT2D eigenvalue weighted by Gasteiger charge is -2.26. The minimum Gasteiger partial charge on any atom is -0.379 e. The Morgan fingerprint density at radius 1 is 1.48 bits per heavy atom. The van der Waals surface area contributed by atoms with Gasteiger partial charge < -0.3 is 15.0 Å². The number of hydrogen-bond donors (Lipinski definition) is 1. The number of rotatable bonds is 6. The fourth-order valence-corrected chi connectivity index (χ4v) is 2.62. The predicted octanol–water partition coefficient (Wildman–Crippen LogP) is 2.53. The summed E-state index contributed by atoms with van der Waals surface area (Å²) < 4.78 is 5.44. The molecule has 0 bridgehead atoms. The minimum absolute atomic E-state index is 0.377. The lowest BCUT2D eigenvalue weighted by atomic mass is 10.1. The van der Waals surface area contributed by atoms with Gasteiger partial charge in [-0.3, -0.25) is 0 Å². The summed E-state index contributed by atoms with van der Waals surface area (Å²) in [5, 5.41) is 12.8. The van der Waals surface area contributed by atoms with Crippen molar-refractivity contribution in [2.75, 3.05) is 31.7 Å². The zero-order valence-electron chi connectivity index (χ0n) is 13.2. The Balaban J connectivity index is 2.07. The summed E-state index contributed by atoms with van der Waals surface area (Å²) in [6, 6.07) is 8.87. The highest BCUT2D eigenvalue weighted by molar-refractivity contribution is 5.60. The van der Waals surface area contributed by atoms with Crippen LogP contribution in [0, 0.1) is 17.2 Å². The monoisotopic (exact) mass is 287 g/mol. The molecule has 1 aliphatic heterocycles. The quantitative estimate of drug-likeness (QED) is 0.873. The highest BCUT2D eigenvalue weighted by atomic mass is 16.5. The van der Waals surface area contributed by atoms with Crippen molar-refractivity contribution in [2.45, 2.75) is 32.9 Å². The van der Waals surface area contributed by atoms with Crippen LogP contribution in [0.3, 0.4) is 0 Å². The van der Waals surface area contributed by atoms with E-state index in [0.29, 0.717) is 12.0 Å². The number of ether oxygens (including phenoxy) is 1. The second kappa shape index (κ2) is 7.44. The average molecular weight is 287 g/mol. The van der Waals surface area contributed by atoms with Gasteiger partial charge in [0.1, 0.15) is 6.07 Å². The molecule has 0 aromatic heterocycles. The Bertz CT molecular complexity index is 501. The van der Waals surface area contributed by atoms with Gasteiger partial charge in [0.25, 0.3) is 0 Å². The first-order chi connectivity index (χ1) is 10.1. The van der Waals surface area contributed by atoms with Gasteiger partial charge in [-0.15, -0.1) is 0 Å². The number of hydrogen-bond acceptors (Lipinski definition) is 4. The first-order valence-corrected chi connectivity index (χ1v) is 7.66. The minimum atomic E-state index is 0.377. The van der Waals surface area contributed by atoms with Gasteiger partial charge in [0, 0.05) is 20.2 Å². The molecule has 2 rings (SSSR count). The van der Waals surface area contributed by atoms with Crippen molar-refractivity contribution < 1.29 is 4.74 Å². The molecule has 0 saturated carbocycles. The summed E-state index contributed by atoms with van der Waals surface area (Å²) in [4.78, 5) is 2.18. The topological polar surface area (TPSA) is 48.3 Å². The number of anilines is 1. The number of likely N-dealkylation sites (N-methyl/N-ethyl adjacent to an activating group) is 1. The molecule has 4 nitrogen and oxygen atoms in total. The average Bonchev–Trinajstić information content (AvgIpc) is 3.00. The first-order valence-electron chi connectivity index (χ1n) is 7.66. The van der Waals surface area contributed by atoms with Crippen LogP contribution in [0.1, 0.15) is 31.4 Å². The smallest absolute Gasteiger partial charge is 0.101 e. The van der Waals surface area contributed by atoms with Crippen LogP contribution in [0.15, 0.2) is 18.2 Å². The molecule has 21 heavy (non-hydrogen) atoms. The van der Waals surface area contributed by atoms with E-state index in [1.54, 1.807) is 0 Å². The summed E-state index contributed by atoms with van der Waals surface area (Å²) in [7, 11) is 2.05. The Morgan fingerprint density at radius 3 is 2.90 bits per heavy atom. The molecule has 1 aromatic rings. The largest absolute Gasteiger partial charge is 0.379 e. The molecule has 1 N–H and O–H groups in total. The molecule has 0 spiro atoms. The van der Waals surface area contributed by atoms with E-state index in [0.717, 1.165) is 49.5 Å². The molecular weight excluding hydrogens is 262 g/mol. The Kier molecular flexibility index (Phi) is 5.60. The summed E-state index contributed by atoms with van der Waals surface area (Å²) in [6.45, 7) is 7.74. The van der Waals surface area contributed by atoms with Gasteiger partial charge in [0.15, 0.2) is 0 Å². The molecule has 114 valence electrons. The van der Waals surface area contributed by atoms with Gasteiger partial charge in [0.05, 0.1) is 23.9 Å². The second-order valence-electron chi connectivity index (χ2n) is 6.12. The summed E-state index contributed by atoms with van der Waals surface area (Å²) in [5.74, 6) is 0.633. The van der Waals surface area contributed by atoms with Crippen molar-refractivity contribution in [2.24, 2.45) is 5.92 Å². The van der Waals surface area contributed by atoms with Crippen LogP contribution in [0.4, 0.5) is 5.69 Å². The van der Waals surface area contributed by atoms with E-state index in [9.17, 15) is 5.26 Å². The summed E-state index contributed by atoms with van der Waals surface area (Å²) >= 11 is 0. The second-order valence-corrected chi connectivity index (χ2v) is 6.12. The lowest BCUT2D eigenvalue weighted by Crippen LogP contribution is -2.32. The SMILES string of the molecule is CC(C)CNCc1ccc(N(C)C2CCOC2)c(C#N)c1. The number of nitrogens with one attached hydrogen (secondary N) is 1. The molecule has 1 unspecified atom stereocenters. The lowest BCUT2D eigenvalue weighted by molar-refractivity contribution is 0.193. The Labute approximate surface area is 127 Å². The van der Waals surface area contributed by atoms with Gasteiger partial charge >= 0.3 is 0 Å². The van der Waals surface area contributed by atoms with Gasteiger partial charge in [-0.25, -0.2) is 0 Å². The van der Waals surface area contributed by atoms with Gasteiger partial charge in [-0.05, 0) is 36.6 Å². The third kappa shape index (κ3) is 4.20. The summed E-state index contributed by atoms with van der Waals surface area (Å²) in [5.41, 5.74) is 2.90. The molecule has 0 amide bonds. The zero-order valence-corrected chi connectivity index (χ0v) is 13.2. The van der Waals surface area contributed by atoms with Crippen molar-refractivity contribution in [1.82, 2.24) is 5.32 Å². The maximum atomic E-state index is 9.42. The third-order valence-corrected chi connectivity index (χ3v) is 3.90. The highest BCUT2D eigenvalue weighted by Gasteiger charge is 2.22. The van der Waals surface area contributed by atoms with E-state index in [1.165, 1.54) is 0 Å². The van der Waals surface area contributed by atoms with Gasteiger partial charge in [0.2, 0.25) is 0 Å². The van der Waals surface area contributed by atoms with Crippen LogP contribution in [0.25, 0.3) is 0 Å². The molecule has 1 saturated heterocycles. The molecule has 0 radical (unpaired) electrons.